The molecule has 7 heteroatoms. The second-order valence-electron chi connectivity index (χ2n) is 6.19. The molecule has 0 amide bonds. The van der Waals surface area contributed by atoms with Crippen LogP contribution in [0.5, 0.6) is 5.75 Å². The third-order valence-electron chi connectivity index (χ3n) is 4.09. The number of guanidine groups is 1. The van der Waals surface area contributed by atoms with Crippen LogP contribution in [0.25, 0.3) is 0 Å². The van der Waals surface area contributed by atoms with E-state index in [-0.39, 0.29) is 29.8 Å². The van der Waals surface area contributed by atoms with Crippen molar-refractivity contribution in [3.05, 3.63) is 65.0 Å². The van der Waals surface area contributed by atoms with E-state index in [0.717, 1.165) is 29.8 Å². The fourth-order valence-electron chi connectivity index (χ4n) is 2.52. The minimum Gasteiger partial charge on any atom is -0.497 e. The monoisotopic (exact) mass is 501 g/mol. The summed E-state index contributed by atoms with van der Waals surface area (Å²) in [4.78, 5) is 4.19. The molecule has 0 aromatic heterocycles. The SMILES string of the molecule is CN=C(NCCCOCc1ccc(OC)cc1)NCc1ccc(F)c(C)c1.I. The maximum absolute atomic E-state index is 13.3. The van der Waals surface area contributed by atoms with Crippen LogP contribution in [0.4, 0.5) is 4.39 Å². The highest BCUT2D eigenvalue weighted by molar-refractivity contribution is 14.0. The molecular weight excluding hydrogens is 472 g/mol. The predicted molar refractivity (Wildman–Crippen MR) is 122 cm³/mol. The molecule has 0 bridgehead atoms. The average molecular weight is 501 g/mol. The van der Waals surface area contributed by atoms with Gasteiger partial charge in [0.2, 0.25) is 0 Å². The summed E-state index contributed by atoms with van der Waals surface area (Å²) in [5, 5.41) is 6.47. The van der Waals surface area contributed by atoms with Crippen molar-refractivity contribution in [2.24, 2.45) is 4.99 Å². The molecule has 2 aromatic carbocycles. The van der Waals surface area contributed by atoms with Crippen molar-refractivity contribution in [2.75, 3.05) is 27.3 Å². The molecule has 28 heavy (non-hydrogen) atoms. The smallest absolute Gasteiger partial charge is 0.191 e. The summed E-state index contributed by atoms with van der Waals surface area (Å²) in [5.41, 5.74) is 2.78. The molecule has 0 atom stereocenters. The summed E-state index contributed by atoms with van der Waals surface area (Å²) in [5.74, 6) is 1.38. The molecule has 2 rings (SSSR count). The van der Waals surface area contributed by atoms with Crippen LogP contribution in [0.1, 0.15) is 23.1 Å². The third kappa shape index (κ3) is 8.43. The van der Waals surface area contributed by atoms with E-state index in [9.17, 15) is 4.39 Å². The van der Waals surface area contributed by atoms with Crippen LogP contribution >= 0.6 is 24.0 Å². The van der Waals surface area contributed by atoms with Gasteiger partial charge in [0.1, 0.15) is 11.6 Å². The van der Waals surface area contributed by atoms with Gasteiger partial charge in [0.25, 0.3) is 0 Å². The van der Waals surface area contributed by atoms with E-state index in [1.54, 1.807) is 27.1 Å². The van der Waals surface area contributed by atoms with Crippen molar-refractivity contribution < 1.29 is 13.9 Å². The average Bonchev–Trinajstić information content (AvgIpc) is 2.69. The molecule has 0 aliphatic heterocycles. The first-order valence-corrected chi connectivity index (χ1v) is 9.02. The second kappa shape index (κ2) is 13.3. The van der Waals surface area contributed by atoms with E-state index in [4.69, 9.17) is 9.47 Å². The molecule has 154 valence electrons. The molecule has 0 saturated carbocycles. The highest BCUT2D eigenvalue weighted by Gasteiger charge is 2.01. The maximum atomic E-state index is 13.3. The zero-order valence-corrected chi connectivity index (χ0v) is 19.0. The van der Waals surface area contributed by atoms with Gasteiger partial charge in [-0.2, -0.15) is 0 Å². The molecule has 2 aromatic rings. The second-order valence-corrected chi connectivity index (χ2v) is 6.19. The van der Waals surface area contributed by atoms with E-state index >= 15 is 0 Å². The van der Waals surface area contributed by atoms with Crippen molar-refractivity contribution >= 4 is 29.9 Å². The van der Waals surface area contributed by atoms with Crippen molar-refractivity contribution in [2.45, 2.75) is 26.5 Å². The van der Waals surface area contributed by atoms with E-state index in [2.05, 4.69) is 15.6 Å². The number of aryl methyl sites for hydroxylation is 1. The summed E-state index contributed by atoms with van der Waals surface area (Å²) in [6, 6.07) is 13.0. The number of hydrogen-bond acceptors (Lipinski definition) is 3. The zero-order chi connectivity index (χ0) is 19.5. The molecule has 0 aliphatic rings. The van der Waals surface area contributed by atoms with Crippen molar-refractivity contribution in [1.82, 2.24) is 10.6 Å². The topological polar surface area (TPSA) is 54.9 Å². The number of benzene rings is 2. The molecule has 5 nitrogen and oxygen atoms in total. The van der Waals surface area contributed by atoms with Gasteiger partial charge in [-0.25, -0.2) is 4.39 Å². The van der Waals surface area contributed by atoms with E-state index < -0.39 is 0 Å². The van der Waals surface area contributed by atoms with Crippen LogP contribution in [0.2, 0.25) is 0 Å². The number of aliphatic imine (C=N–C) groups is 1. The van der Waals surface area contributed by atoms with Crippen LogP contribution in [0, 0.1) is 12.7 Å². The maximum Gasteiger partial charge on any atom is 0.191 e. The van der Waals surface area contributed by atoms with Gasteiger partial charge >= 0.3 is 0 Å². The van der Waals surface area contributed by atoms with E-state index in [1.807, 2.05) is 30.3 Å². The van der Waals surface area contributed by atoms with Gasteiger partial charge in [0.05, 0.1) is 13.7 Å². The minimum atomic E-state index is -0.184. The fourth-order valence-corrected chi connectivity index (χ4v) is 2.52. The van der Waals surface area contributed by atoms with Crippen LogP contribution in [0.15, 0.2) is 47.5 Å². The Hall–Kier alpha value is -1.87. The summed E-state index contributed by atoms with van der Waals surface area (Å²) in [7, 11) is 3.38. The Bertz CT molecular complexity index is 739. The lowest BCUT2D eigenvalue weighted by Crippen LogP contribution is -2.37. The Labute approximate surface area is 183 Å². The Morgan fingerprint density at radius 1 is 1.07 bits per heavy atom. The highest BCUT2D eigenvalue weighted by Crippen LogP contribution is 2.12. The zero-order valence-electron chi connectivity index (χ0n) is 16.6. The number of hydrogen-bond donors (Lipinski definition) is 2. The molecule has 0 saturated heterocycles. The Morgan fingerprint density at radius 2 is 1.79 bits per heavy atom. The lowest BCUT2D eigenvalue weighted by Gasteiger charge is -2.12. The van der Waals surface area contributed by atoms with E-state index in [0.29, 0.717) is 31.3 Å². The predicted octanol–water partition coefficient (Wildman–Crippen LogP) is 4.03. The number of nitrogens with zero attached hydrogens (tertiary/aromatic N) is 1. The number of nitrogens with one attached hydrogen (secondary N) is 2. The molecule has 2 N–H and O–H groups in total. The van der Waals surface area contributed by atoms with Crippen LogP contribution in [-0.4, -0.2) is 33.3 Å². The number of rotatable bonds is 9. The van der Waals surface area contributed by atoms with Gasteiger partial charge in [-0.05, 0) is 48.2 Å². The fraction of sp³-hybridized carbons (Fsp3) is 0.381. The highest BCUT2D eigenvalue weighted by atomic mass is 127. The summed E-state index contributed by atoms with van der Waals surface area (Å²) < 4.78 is 24.1. The van der Waals surface area contributed by atoms with Crippen molar-refractivity contribution in [1.29, 1.82) is 0 Å². The lowest BCUT2D eigenvalue weighted by molar-refractivity contribution is 0.119. The van der Waals surface area contributed by atoms with Crippen LogP contribution in [0.3, 0.4) is 0 Å². The molecule has 0 spiro atoms. The van der Waals surface area contributed by atoms with Gasteiger partial charge < -0.3 is 20.1 Å². The molecule has 0 radical (unpaired) electrons. The molecular formula is C21H29FIN3O2. The summed E-state index contributed by atoms with van der Waals surface area (Å²) in [6.45, 7) is 4.35. The normalized spacial score (nSPS) is 10.9. The number of methoxy groups -OCH3 is 1. The summed E-state index contributed by atoms with van der Waals surface area (Å²) >= 11 is 0. The number of ether oxygens (including phenoxy) is 2. The largest absolute Gasteiger partial charge is 0.497 e. The Morgan fingerprint density at radius 3 is 2.43 bits per heavy atom. The first kappa shape index (κ1) is 24.2. The van der Waals surface area contributed by atoms with Gasteiger partial charge in [-0.3, -0.25) is 4.99 Å². The van der Waals surface area contributed by atoms with Crippen molar-refractivity contribution in [3.63, 3.8) is 0 Å². The first-order chi connectivity index (χ1) is 13.1. The Kier molecular flexibility index (Phi) is 11.5. The van der Waals surface area contributed by atoms with Crippen LogP contribution < -0.4 is 15.4 Å². The Balaban J connectivity index is 0.00000392. The van der Waals surface area contributed by atoms with Gasteiger partial charge in [0, 0.05) is 26.7 Å². The minimum absolute atomic E-state index is 0. The quantitative estimate of drug-likeness (QED) is 0.236. The molecule has 0 fully saturated rings. The number of halogens is 2. The molecule has 0 unspecified atom stereocenters. The first-order valence-electron chi connectivity index (χ1n) is 9.02. The summed E-state index contributed by atoms with van der Waals surface area (Å²) in [6.07, 6.45) is 0.868. The van der Waals surface area contributed by atoms with E-state index in [1.165, 1.54) is 6.07 Å². The third-order valence-corrected chi connectivity index (χ3v) is 4.09. The standard InChI is InChI=1S/C21H28FN3O2.HI/c1-16-13-18(7-10-20(16)22)14-25-21(23-2)24-11-4-12-27-15-17-5-8-19(26-3)9-6-17;/h5-10,13H,4,11-12,14-15H2,1-3H3,(H2,23,24,25);1H. The lowest BCUT2D eigenvalue weighted by atomic mass is 10.1. The van der Waals surface area contributed by atoms with Gasteiger partial charge in [-0.1, -0.05) is 24.3 Å². The van der Waals surface area contributed by atoms with Gasteiger partial charge in [-0.15, -0.1) is 24.0 Å². The van der Waals surface area contributed by atoms with Gasteiger partial charge in [0.15, 0.2) is 5.96 Å². The van der Waals surface area contributed by atoms with Crippen molar-refractivity contribution in [3.8, 4) is 5.75 Å². The van der Waals surface area contributed by atoms with Crippen LogP contribution in [-0.2, 0) is 17.9 Å². The molecule has 0 heterocycles. The molecule has 0 aliphatic carbocycles.